The van der Waals surface area contributed by atoms with E-state index in [1.807, 2.05) is 26.8 Å². The van der Waals surface area contributed by atoms with Gasteiger partial charge in [-0.25, -0.2) is 4.79 Å². The molecule has 1 aliphatic heterocycles. The Labute approximate surface area is 304 Å². The van der Waals surface area contributed by atoms with Crippen molar-refractivity contribution >= 4 is 23.3 Å². The number of nitrogens with zero attached hydrogens (tertiary/aromatic N) is 2. The number of benzene rings is 2. The van der Waals surface area contributed by atoms with E-state index >= 15 is 0 Å². The van der Waals surface area contributed by atoms with Gasteiger partial charge < -0.3 is 24.6 Å². The van der Waals surface area contributed by atoms with Crippen LogP contribution in [0.2, 0.25) is 0 Å². The van der Waals surface area contributed by atoms with E-state index < -0.39 is 6.04 Å². The zero-order valence-corrected chi connectivity index (χ0v) is 32.3. The Balaban J connectivity index is 1.71. The average molecular weight is 692 g/mol. The Hall–Kier alpha value is -2.90. The number of esters is 1. The van der Waals surface area contributed by atoms with Gasteiger partial charge in [0.05, 0.1) is 24.8 Å². The summed E-state index contributed by atoms with van der Waals surface area (Å²) in [5, 5.41) is 3.98. The van der Waals surface area contributed by atoms with Crippen molar-refractivity contribution in [3.05, 3.63) is 76.5 Å². The van der Waals surface area contributed by atoms with E-state index in [1.54, 1.807) is 7.11 Å². The number of carbonyl (C=O) groups is 1. The summed E-state index contributed by atoms with van der Waals surface area (Å²) >= 11 is 5.99. The summed E-state index contributed by atoms with van der Waals surface area (Å²) in [6, 6.07) is 16.4. The largest absolute Gasteiger partial charge is 0.496 e. The number of methoxy groups -OCH3 is 1. The molecule has 3 rings (SSSR count). The van der Waals surface area contributed by atoms with Gasteiger partial charge in [-0.1, -0.05) is 126 Å². The van der Waals surface area contributed by atoms with Gasteiger partial charge in [-0.05, 0) is 83.0 Å². The van der Waals surface area contributed by atoms with E-state index in [2.05, 4.69) is 71.6 Å². The maximum absolute atomic E-state index is 13.8. The Bertz CT molecular complexity index is 1300. The van der Waals surface area contributed by atoms with Crippen LogP contribution in [-0.2, 0) is 22.5 Å². The highest BCUT2D eigenvalue weighted by Gasteiger charge is 2.39. The molecule has 1 atom stereocenters. The quantitative estimate of drug-likeness (QED) is 0.0668. The summed E-state index contributed by atoms with van der Waals surface area (Å²) in [5.41, 5.74) is 4.89. The maximum Gasteiger partial charge on any atom is 0.338 e. The van der Waals surface area contributed by atoms with Gasteiger partial charge >= 0.3 is 5.97 Å². The first-order valence-electron chi connectivity index (χ1n) is 19.1. The summed E-state index contributed by atoms with van der Waals surface area (Å²) in [4.78, 5) is 18.3. The molecule has 1 unspecified atom stereocenters. The van der Waals surface area contributed by atoms with Crippen LogP contribution in [0.15, 0.2) is 59.8 Å². The van der Waals surface area contributed by atoms with Crippen molar-refractivity contribution in [3.63, 3.8) is 0 Å². The number of aryl methyl sites for hydroxylation is 1. The van der Waals surface area contributed by atoms with Gasteiger partial charge in [-0.3, -0.25) is 0 Å². The van der Waals surface area contributed by atoms with Crippen molar-refractivity contribution in [2.45, 2.75) is 143 Å². The lowest BCUT2D eigenvalue weighted by atomic mass is 9.87. The molecule has 0 saturated heterocycles. The number of unbranched alkanes of at least 4 members (excludes halogenated alkanes) is 12. The van der Waals surface area contributed by atoms with Gasteiger partial charge in [0.2, 0.25) is 0 Å². The van der Waals surface area contributed by atoms with E-state index in [1.165, 1.54) is 88.2 Å². The second-order valence-corrected chi connectivity index (χ2v) is 14.5. The van der Waals surface area contributed by atoms with Crippen molar-refractivity contribution in [1.29, 1.82) is 0 Å². The van der Waals surface area contributed by atoms with Crippen LogP contribution in [0.1, 0.15) is 140 Å². The first-order valence-corrected chi connectivity index (χ1v) is 19.5. The van der Waals surface area contributed by atoms with Crippen molar-refractivity contribution < 1.29 is 14.3 Å². The third-order valence-corrected chi connectivity index (χ3v) is 9.88. The van der Waals surface area contributed by atoms with E-state index in [0.717, 1.165) is 49.4 Å². The van der Waals surface area contributed by atoms with Crippen LogP contribution in [-0.4, -0.2) is 54.2 Å². The SMILES string of the molecule is CCCCCCCCCCCCCCCc1cccc(OC)c1C1C(C(=O)OC(C)C)=C(C)NC(=S)N1CCCN(C)Cc1ccccc1. The fourth-order valence-corrected chi connectivity index (χ4v) is 7.31. The molecule has 1 N–H and O–H groups in total. The van der Waals surface area contributed by atoms with Crippen LogP contribution in [0, 0.1) is 0 Å². The van der Waals surface area contributed by atoms with E-state index in [-0.39, 0.29) is 12.1 Å². The first kappa shape index (κ1) is 40.5. The molecule has 0 aliphatic carbocycles. The van der Waals surface area contributed by atoms with Crippen LogP contribution >= 0.6 is 12.2 Å². The molecule has 0 radical (unpaired) electrons. The molecule has 0 spiro atoms. The molecule has 0 saturated carbocycles. The zero-order valence-electron chi connectivity index (χ0n) is 31.5. The fourth-order valence-electron chi connectivity index (χ4n) is 6.96. The Morgan fingerprint density at radius 1 is 0.878 bits per heavy atom. The number of allylic oxidation sites excluding steroid dienone is 1. The minimum Gasteiger partial charge on any atom is -0.496 e. The van der Waals surface area contributed by atoms with Crippen LogP contribution in [0.5, 0.6) is 5.75 Å². The van der Waals surface area contributed by atoms with Crippen LogP contribution < -0.4 is 10.1 Å². The number of carbonyl (C=O) groups excluding carboxylic acids is 1. The van der Waals surface area contributed by atoms with Crippen molar-refractivity contribution in [3.8, 4) is 5.75 Å². The number of hydrogen-bond acceptors (Lipinski definition) is 5. The Morgan fingerprint density at radius 3 is 2.08 bits per heavy atom. The summed E-state index contributed by atoms with van der Waals surface area (Å²) in [5.74, 6) is 0.479. The normalized spacial score (nSPS) is 14.9. The molecular formula is C42H65N3O3S. The standard InChI is InChI=1S/C42H65N3O3S/c1-7-8-9-10-11-12-13-14-15-16-17-18-22-27-36-28-23-29-37(47-6)39(36)40-38(41(46)48-33(2)3)34(4)43-42(49)45(40)31-24-30-44(5)32-35-25-20-19-21-26-35/h19-21,23,25-26,28-29,33,40H,7-18,22,24,27,30-32H2,1-6H3,(H,43,49). The maximum atomic E-state index is 13.8. The lowest BCUT2D eigenvalue weighted by Gasteiger charge is -2.41. The highest BCUT2D eigenvalue weighted by molar-refractivity contribution is 7.80. The minimum absolute atomic E-state index is 0.231. The van der Waals surface area contributed by atoms with Crippen molar-refractivity contribution in [2.24, 2.45) is 0 Å². The number of nitrogens with one attached hydrogen (secondary N) is 1. The molecule has 0 bridgehead atoms. The van der Waals surface area contributed by atoms with Crippen LogP contribution in [0.4, 0.5) is 0 Å². The van der Waals surface area contributed by atoms with Gasteiger partial charge in [0.15, 0.2) is 5.11 Å². The third-order valence-electron chi connectivity index (χ3n) is 9.54. The zero-order chi connectivity index (χ0) is 35.4. The molecule has 0 fully saturated rings. The molecule has 1 heterocycles. The lowest BCUT2D eigenvalue weighted by Crippen LogP contribution is -2.49. The summed E-state index contributed by atoms with van der Waals surface area (Å²) < 4.78 is 11.9. The van der Waals surface area contributed by atoms with Crippen molar-refractivity contribution in [2.75, 3.05) is 27.2 Å². The monoisotopic (exact) mass is 691 g/mol. The molecule has 49 heavy (non-hydrogen) atoms. The predicted octanol–water partition coefficient (Wildman–Crippen LogP) is 10.3. The third kappa shape index (κ3) is 13.7. The predicted molar refractivity (Wildman–Crippen MR) is 209 cm³/mol. The Kier molecular flexibility index (Phi) is 18.8. The van der Waals surface area contributed by atoms with Gasteiger partial charge in [-0.2, -0.15) is 0 Å². The number of rotatable bonds is 24. The molecular weight excluding hydrogens is 627 g/mol. The fraction of sp³-hybridized carbons (Fsp3) is 0.619. The highest BCUT2D eigenvalue weighted by atomic mass is 32.1. The van der Waals surface area contributed by atoms with E-state index in [4.69, 9.17) is 21.7 Å². The van der Waals surface area contributed by atoms with Gasteiger partial charge in [0.25, 0.3) is 0 Å². The molecule has 7 heteroatoms. The van der Waals surface area contributed by atoms with Gasteiger partial charge in [-0.15, -0.1) is 0 Å². The van der Waals surface area contributed by atoms with E-state index in [9.17, 15) is 4.79 Å². The smallest absolute Gasteiger partial charge is 0.338 e. The summed E-state index contributed by atoms with van der Waals surface area (Å²) in [7, 11) is 3.87. The van der Waals surface area contributed by atoms with Crippen LogP contribution in [0.3, 0.4) is 0 Å². The average Bonchev–Trinajstić information content (AvgIpc) is 3.07. The number of hydrogen-bond donors (Lipinski definition) is 1. The second kappa shape index (κ2) is 22.7. The minimum atomic E-state index is -0.396. The number of thiocarbonyl (C=S) groups is 1. The lowest BCUT2D eigenvalue weighted by molar-refractivity contribution is -0.143. The highest BCUT2D eigenvalue weighted by Crippen LogP contribution is 2.41. The molecule has 272 valence electrons. The summed E-state index contributed by atoms with van der Waals surface area (Å²) in [6.07, 6.45) is 18.9. The second-order valence-electron chi connectivity index (χ2n) is 14.1. The summed E-state index contributed by atoms with van der Waals surface area (Å²) in [6.45, 7) is 10.5. The van der Waals surface area contributed by atoms with Crippen LogP contribution in [0.25, 0.3) is 0 Å². The molecule has 0 amide bonds. The Morgan fingerprint density at radius 2 is 1.49 bits per heavy atom. The van der Waals surface area contributed by atoms with Gasteiger partial charge in [0, 0.05) is 24.4 Å². The molecule has 0 aromatic heterocycles. The first-order chi connectivity index (χ1) is 23.8. The van der Waals surface area contributed by atoms with Crippen molar-refractivity contribution in [1.82, 2.24) is 15.1 Å². The molecule has 6 nitrogen and oxygen atoms in total. The van der Waals surface area contributed by atoms with Gasteiger partial charge in [0.1, 0.15) is 5.75 Å². The van der Waals surface area contributed by atoms with E-state index in [0.29, 0.717) is 17.2 Å². The number of ether oxygens (including phenoxy) is 2. The molecule has 1 aliphatic rings. The molecule has 2 aromatic rings. The topological polar surface area (TPSA) is 54.0 Å². The molecule has 2 aromatic carbocycles.